The molecule has 4 aliphatic rings. The number of aliphatic hydroxyl groups excluding tert-OH is 1. The van der Waals surface area contributed by atoms with Gasteiger partial charge in [-0.15, -0.1) is 0 Å². The summed E-state index contributed by atoms with van der Waals surface area (Å²) in [6.07, 6.45) is 11.6. The molecule has 0 spiro atoms. The predicted octanol–water partition coefficient (Wildman–Crippen LogP) is 4.52. The minimum atomic E-state index is -0.0593. The zero-order chi connectivity index (χ0) is 16.4. The van der Waals surface area contributed by atoms with E-state index in [1.165, 1.54) is 32.1 Å². The molecule has 0 aromatic rings. The first-order chi connectivity index (χ1) is 10.9. The van der Waals surface area contributed by atoms with Crippen molar-refractivity contribution in [1.82, 2.24) is 0 Å². The fourth-order valence-corrected chi connectivity index (χ4v) is 7.35. The van der Waals surface area contributed by atoms with Crippen LogP contribution in [0.3, 0.4) is 0 Å². The Hall–Kier alpha value is -0.630. The second-order valence-electron chi connectivity index (χ2n) is 9.45. The molecule has 3 saturated carbocycles. The van der Waals surface area contributed by atoms with E-state index in [1.54, 1.807) is 6.92 Å². The van der Waals surface area contributed by atoms with E-state index in [0.717, 1.165) is 42.6 Å². The third-order valence-electron chi connectivity index (χ3n) is 8.60. The van der Waals surface area contributed by atoms with Gasteiger partial charge in [-0.2, -0.15) is 0 Å². The van der Waals surface area contributed by atoms with E-state index in [-0.39, 0.29) is 11.5 Å². The van der Waals surface area contributed by atoms with Gasteiger partial charge in [0.1, 0.15) is 0 Å². The smallest absolute Gasteiger partial charge is 0.156 e. The fourth-order valence-electron chi connectivity index (χ4n) is 7.35. The van der Waals surface area contributed by atoms with Crippen molar-refractivity contribution in [2.24, 2.45) is 34.5 Å². The van der Waals surface area contributed by atoms with Gasteiger partial charge in [0, 0.05) is 0 Å². The Morgan fingerprint density at radius 1 is 1.13 bits per heavy atom. The van der Waals surface area contributed by atoms with E-state index in [9.17, 15) is 9.90 Å². The van der Waals surface area contributed by atoms with Crippen molar-refractivity contribution in [2.45, 2.75) is 78.2 Å². The molecule has 0 unspecified atom stereocenters. The molecule has 0 amide bonds. The molecule has 2 nitrogen and oxygen atoms in total. The van der Waals surface area contributed by atoms with E-state index in [2.05, 4.69) is 19.9 Å². The molecule has 0 aliphatic heterocycles. The highest BCUT2D eigenvalue weighted by atomic mass is 16.3. The SMILES string of the molecule is CC(=O)C1=CC[C@H]2[C@@H]3CC[C@H]4C[C@H](O)CC[C@]4(C)[C@@H]3CC[C@]12C. The van der Waals surface area contributed by atoms with Crippen LogP contribution >= 0.6 is 0 Å². The lowest BCUT2D eigenvalue weighted by atomic mass is 9.44. The quantitative estimate of drug-likeness (QED) is 0.772. The summed E-state index contributed by atoms with van der Waals surface area (Å²) < 4.78 is 0. The number of hydrogen-bond acceptors (Lipinski definition) is 2. The summed E-state index contributed by atoms with van der Waals surface area (Å²) in [7, 11) is 0. The van der Waals surface area contributed by atoms with Crippen molar-refractivity contribution >= 4 is 5.78 Å². The molecule has 23 heavy (non-hydrogen) atoms. The number of carbonyl (C=O) groups excluding carboxylic acids is 1. The van der Waals surface area contributed by atoms with Gasteiger partial charge in [-0.25, -0.2) is 0 Å². The summed E-state index contributed by atoms with van der Waals surface area (Å²) >= 11 is 0. The highest BCUT2D eigenvalue weighted by molar-refractivity contribution is 5.95. The minimum absolute atomic E-state index is 0.0593. The van der Waals surface area contributed by atoms with Crippen LogP contribution in [0.2, 0.25) is 0 Å². The normalized spacial score (nSPS) is 52.2. The molecular formula is C21H32O2. The number of allylic oxidation sites excluding steroid dienone is 2. The monoisotopic (exact) mass is 316 g/mol. The Morgan fingerprint density at radius 3 is 2.65 bits per heavy atom. The van der Waals surface area contributed by atoms with Crippen LogP contribution in [0.25, 0.3) is 0 Å². The lowest BCUT2D eigenvalue weighted by molar-refractivity contribution is -0.124. The standard InChI is InChI=1S/C21H32O2/c1-13(22)17-6-7-18-16-5-4-14-12-15(23)8-10-20(14,2)19(16)9-11-21(17,18)3/h6,14-16,18-19,23H,4-5,7-12H2,1-3H3/t14-,15+,16-,18-,19+,20-,21+/m0/s1. The van der Waals surface area contributed by atoms with Crippen LogP contribution in [0.4, 0.5) is 0 Å². The number of carbonyl (C=O) groups is 1. The van der Waals surface area contributed by atoms with Crippen molar-refractivity contribution in [3.63, 3.8) is 0 Å². The molecular weight excluding hydrogens is 284 g/mol. The van der Waals surface area contributed by atoms with Crippen molar-refractivity contribution in [1.29, 1.82) is 0 Å². The van der Waals surface area contributed by atoms with Crippen LogP contribution < -0.4 is 0 Å². The van der Waals surface area contributed by atoms with Gasteiger partial charge in [0.2, 0.25) is 0 Å². The topological polar surface area (TPSA) is 37.3 Å². The Bertz CT molecular complexity index is 550. The van der Waals surface area contributed by atoms with Gasteiger partial charge < -0.3 is 5.11 Å². The summed E-state index contributed by atoms with van der Waals surface area (Å²) in [5.74, 6) is 3.31. The summed E-state index contributed by atoms with van der Waals surface area (Å²) in [5, 5.41) is 10.1. The van der Waals surface area contributed by atoms with Crippen LogP contribution in [0.1, 0.15) is 72.1 Å². The Morgan fingerprint density at radius 2 is 1.91 bits per heavy atom. The average molecular weight is 316 g/mol. The van der Waals surface area contributed by atoms with E-state index >= 15 is 0 Å². The van der Waals surface area contributed by atoms with Gasteiger partial charge in [0.25, 0.3) is 0 Å². The highest BCUT2D eigenvalue weighted by Gasteiger charge is 2.58. The Balaban J connectivity index is 1.62. The van der Waals surface area contributed by atoms with Crippen LogP contribution in [-0.2, 0) is 4.79 Å². The maximum absolute atomic E-state index is 12.1. The third kappa shape index (κ3) is 2.13. The number of ketones is 1. The van der Waals surface area contributed by atoms with Gasteiger partial charge >= 0.3 is 0 Å². The molecule has 4 aliphatic carbocycles. The largest absolute Gasteiger partial charge is 0.393 e. The maximum atomic E-state index is 12.1. The fraction of sp³-hybridized carbons (Fsp3) is 0.857. The van der Waals surface area contributed by atoms with Gasteiger partial charge in [-0.1, -0.05) is 19.9 Å². The van der Waals surface area contributed by atoms with Crippen LogP contribution in [-0.4, -0.2) is 17.0 Å². The second-order valence-corrected chi connectivity index (χ2v) is 9.45. The molecule has 0 aromatic heterocycles. The van der Waals surface area contributed by atoms with Crippen molar-refractivity contribution in [2.75, 3.05) is 0 Å². The van der Waals surface area contributed by atoms with Gasteiger partial charge in [0.15, 0.2) is 5.78 Å². The summed E-state index contributed by atoms with van der Waals surface area (Å²) in [6, 6.07) is 0. The lowest BCUT2D eigenvalue weighted by Gasteiger charge is -2.60. The average Bonchev–Trinajstić information content (AvgIpc) is 2.85. The van der Waals surface area contributed by atoms with Gasteiger partial charge in [-0.05, 0) is 98.4 Å². The Kier molecular flexibility index (Phi) is 3.58. The van der Waals surface area contributed by atoms with Crippen LogP contribution in [0.5, 0.6) is 0 Å². The van der Waals surface area contributed by atoms with Gasteiger partial charge in [0.05, 0.1) is 6.10 Å². The highest BCUT2D eigenvalue weighted by Crippen LogP contribution is 2.66. The zero-order valence-corrected chi connectivity index (χ0v) is 15.0. The molecule has 7 atom stereocenters. The van der Waals surface area contributed by atoms with Gasteiger partial charge in [-0.3, -0.25) is 4.79 Å². The number of fused-ring (bicyclic) bond motifs is 5. The number of rotatable bonds is 1. The molecule has 128 valence electrons. The minimum Gasteiger partial charge on any atom is -0.393 e. The number of hydrogen-bond donors (Lipinski definition) is 1. The first kappa shape index (κ1) is 15.9. The molecule has 0 saturated heterocycles. The summed E-state index contributed by atoms with van der Waals surface area (Å²) in [4.78, 5) is 12.1. The summed E-state index contributed by atoms with van der Waals surface area (Å²) in [5.41, 5.74) is 1.71. The van der Waals surface area contributed by atoms with E-state index < -0.39 is 0 Å². The van der Waals surface area contributed by atoms with E-state index in [0.29, 0.717) is 17.1 Å². The van der Waals surface area contributed by atoms with E-state index in [1.807, 2.05) is 0 Å². The maximum Gasteiger partial charge on any atom is 0.156 e. The Labute approximate surface area is 140 Å². The molecule has 0 radical (unpaired) electrons. The first-order valence-electron chi connectivity index (χ1n) is 9.76. The zero-order valence-electron chi connectivity index (χ0n) is 15.0. The predicted molar refractivity (Wildman–Crippen MR) is 91.9 cm³/mol. The molecule has 1 N–H and O–H groups in total. The second kappa shape index (κ2) is 5.18. The van der Waals surface area contributed by atoms with Crippen molar-refractivity contribution < 1.29 is 9.90 Å². The number of Topliss-reactive ketones (excluding diaryl/α,β-unsaturated/α-hetero) is 1. The first-order valence-corrected chi connectivity index (χ1v) is 9.76. The van der Waals surface area contributed by atoms with Crippen molar-refractivity contribution in [3.05, 3.63) is 11.6 Å². The molecule has 0 aromatic carbocycles. The van der Waals surface area contributed by atoms with Crippen molar-refractivity contribution in [3.8, 4) is 0 Å². The molecule has 2 heteroatoms. The van der Waals surface area contributed by atoms with Crippen LogP contribution in [0, 0.1) is 34.5 Å². The molecule has 0 bridgehead atoms. The van der Waals surface area contributed by atoms with Crippen LogP contribution in [0.15, 0.2) is 11.6 Å². The third-order valence-corrected chi connectivity index (χ3v) is 8.60. The number of aliphatic hydroxyl groups is 1. The van der Waals surface area contributed by atoms with E-state index in [4.69, 9.17) is 0 Å². The molecule has 3 fully saturated rings. The lowest BCUT2D eigenvalue weighted by Crippen LogP contribution is -2.53. The molecule has 4 rings (SSSR count). The molecule has 0 heterocycles. The summed E-state index contributed by atoms with van der Waals surface area (Å²) in [6.45, 7) is 6.65.